The van der Waals surface area contributed by atoms with E-state index in [1.54, 1.807) is 6.07 Å². The molecule has 0 spiro atoms. The molecule has 13 nitrogen and oxygen atoms in total. The van der Waals surface area contributed by atoms with Crippen LogP contribution in [0.15, 0.2) is 54.6 Å². The van der Waals surface area contributed by atoms with Gasteiger partial charge in [-0.3, -0.25) is 19.4 Å². The van der Waals surface area contributed by atoms with E-state index in [4.69, 9.17) is 19.2 Å². The van der Waals surface area contributed by atoms with Gasteiger partial charge in [0.15, 0.2) is 0 Å². The number of H-pyrrole nitrogens is 1. The molecule has 482 valence electrons. The molecule has 13 rings (SSSR count). The molecule has 0 amide bonds. The van der Waals surface area contributed by atoms with Crippen molar-refractivity contribution in [2.75, 3.05) is 78.0 Å². The van der Waals surface area contributed by atoms with Gasteiger partial charge < -0.3 is 38.3 Å². The number of hydrogen-bond donors (Lipinski definition) is 2. The zero-order valence-electron chi connectivity index (χ0n) is 56.6. The van der Waals surface area contributed by atoms with Crippen molar-refractivity contribution in [3.05, 3.63) is 94.2 Å². The van der Waals surface area contributed by atoms with Crippen LogP contribution in [0.1, 0.15) is 194 Å². The standard InChI is InChI=1S/2C27H38N2O3.C20H33FN3/c1-17(2)32-21-11-13-25(3)16-29-14-12-19-18-9-7-8-10-20(18)28-23(19)27(29,5)15-26(25,4)22(21)24(30)31-6;1-17(2)29-20-10-8-7-9-18(20)19-12-14-28-16-25(3)13-11-21(30)22(24(31)32-6)26(25,4)15-27(28,5)23(19)29;1-4-24(16(2)3)13-11-23(12-14-24)20-15-18(21)17-9-7-5-6-8-10-19(17)22-20/h7-10,17,21-22,28H,11-16H2,1-6H3;7-10,17,21-22,30H,11-16H2,1-6H3;15-16H,4-14H2,1-3H3/q;;+1/t2*21-,22+,25-,26+,27-;/m00./s1. The molecule has 0 unspecified atom stereocenters. The average Bonchev–Trinajstić information content (AvgIpc) is 1.14. The van der Waals surface area contributed by atoms with Crippen LogP contribution in [0.3, 0.4) is 0 Å². The third-order valence-electron chi connectivity index (χ3n) is 25.2. The van der Waals surface area contributed by atoms with Crippen molar-refractivity contribution in [1.29, 1.82) is 0 Å². The maximum absolute atomic E-state index is 14.7. The number of anilines is 1. The number of halogens is 1. The smallest absolute Gasteiger partial charge is 0.311 e. The number of aliphatic hydroxyl groups excluding tert-OH is 1. The predicted molar refractivity (Wildman–Crippen MR) is 351 cm³/mol. The highest BCUT2D eigenvalue weighted by Gasteiger charge is 2.67. The van der Waals surface area contributed by atoms with Crippen LogP contribution in [-0.4, -0.2) is 143 Å². The molecule has 0 bridgehead atoms. The number of benzene rings is 2. The van der Waals surface area contributed by atoms with E-state index in [1.807, 2.05) is 0 Å². The Bertz CT molecular complexity index is 3360. The topological polar surface area (TPSA) is 125 Å². The number of aromatic nitrogens is 3. The number of pyridine rings is 1. The number of aliphatic hydroxyl groups is 1. The third kappa shape index (κ3) is 10.7. The summed E-state index contributed by atoms with van der Waals surface area (Å²) >= 11 is 0. The maximum atomic E-state index is 14.7. The van der Waals surface area contributed by atoms with Crippen LogP contribution in [0.2, 0.25) is 0 Å². The number of likely N-dealkylation sites (N-methyl/N-ethyl adjacent to an activating group) is 1. The molecule has 5 fully saturated rings. The number of ether oxygens (including phenoxy) is 3. The van der Waals surface area contributed by atoms with Crippen LogP contribution in [0.25, 0.3) is 21.8 Å². The molecule has 3 saturated heterocycles. The van der Waals surface area contributed by atoms with Gasteiger partial charge >= 0.3 is 11.9 Å². The van der Waals surface area contributed by atoms with Crippen molar-refractivity contribution in [3.63, 3.8) is 0 Å². The molecule has 3 aromatic heterocycles. The average molecular weight is 1210 g/mol. The number of piperidine rings is 2. The molecule has 2 N–H and O–H groups in total. The molecule has 5 aromatic rings. The number of hydrogen-bond acceptors (Lipinski definition) is 10. The zero-order chi connectivity index (χ0) is 63.1. The Morgan fingerprint density at radius 2 is 1.30 bits per heavy atom. The van der Waals surface area contributed by atoms with Crippen molar-refractivity contribution in [2.24, 2.45) is 33.5 Å². The summed E-state index contributed by atoms with van der Waals surface area (Å²) in [5.74, 6) is -0.292. The summed E-state index contributed by atoms with van der Waals surface area (Å²) in [7, 11) is 2.98. The van der Waals surface area contributed by atoms with Crippen LogP contribution in [0.4, 0.5) is 10.2 Å². The summed E-state index contributed by atoms with van der Waals surface area (Å²) in [6.07, 6.45) is 13.3. The second-order valence-corrected chi connectivity index (χ2v) is 30.8. The minimum atomic E-state index is -0.644. The van der Waals surface area contributed by atoms with Crippen LogP contribution < -0.4 is 4.90 Å². The van der Waals surface area contributed by atoms with Gasteiger partial charge in [-0.1, -0.05) is 76.9 Å². The fourth-order valence-electron chi connectivity index (χ4n) is 19.7. The number of para-hydroxylation sites is 2. The Hall–Kier alpha value is -4.86. The van der Waals surface area contributed by atoms with Gasteiger partial charge in [-0.15, -0.1) is 0 Å². The van der Waals surface area contributed by atoms with Crippen molar-refractivity contribution < 1.29 is 37.8 Å². The van der Waals surface area contributed by atoms with E-state index in [2.05, 4.69) is 163 Å². The first-order valence-electron chi connectivity index (χ1n) is 34.3. The first-order chi connectivity index (χ1) is 41.8. The number of carbonyl (C=O) groups excluding carboxylic acids is 2. The fourth-order valence-corrected chi connectivity index (χ4v) is 19.7. The number of fused-ring (bicyclic) bond motifs is 13. The summed E-state index contributed by atoms with van der Waals surface area (Å²) in [4.78, 5) is 42.7. The molecule has 3 aliphatic carbocycles. The maximum Gasteiger partial charge on any atom is 0.311 e. The van der Waals surface area contributed by atoms with Crippen molar-refractivity contribution >= 4 is 39.6 Å². The van der Waals surface area contributed by atoms with E-state index >= 15 is 0 Å². The number of carbonyl (C=O) groups is 2. The third-order valence-corrected chi connectivity index (χ3v) is 25.2. The molecule has 2 saturated carbocycles. The second kappa shape index (κ2) is 24.3. The molecular formula is C74H109FN7O6+. The lowest BCUT2D eigenvalue weighted by atomic mass is 9.46. The first-order valence-corrected chi connectivity index (χ1v) is 34.3. The van der Waals surface area contributed by atoms with Crippen molar-refractivity contribution in [2.45, 2.75) is 221 Å². The molecular weight excluding hydrogens is 1100 g/mol. The van der Waals surface area contributed by atoms with Gasteiger partial charge in [0, 0.05) is 82.7 Å². The molecule has 14 heteroatoms. The summed E-state index contributed by atoms with van der Waals surface area (Å²) in [5, 5.41) is 13.7. The SMILES string of the molecule is CC[N+]1(C(C)C)CCN(c2cc(F)c3c(n2)CCCCCC3)CC1.COC(=O)[C@H]1[C@@H](O)CC[C@@]2(C)CN3CCc4c(n(C(C)C)c5ccccc45)[C@]3(C)C[C@]12C.COC(=O)[C@H]1[C@@H](OC(C)C)CC[C@@]2(C)CN3CCc4c([nH]c5ccccc45)[C@]3(C)C[C@]12C. The molecule has 2 aromatic carbocycles. The lowest BCUT2D eigenvalue weighted by Crippen LogP contribution is -2.68. The van der Waals surface area contributed by atoms with Gasteiger partial charge in [0.05, 0.1) is 94.2 Å². The Balaban J connectivity index is 0.000000138. The molecule has 8 aliphatic rings. The van der Waals surface area contributed by atoms with Gasteiger partial charge in [0.2, 0.25) is 0 Å². The number of rotatable bonds is 8. The largest absolute Gasteiger partial charge is 0.469 e. The van der Waals surface area contributed by atoms with E-state index in [-0.39, 0.29) is 68.6 Å². The number of nitrogens with zero attached hydrogens (tertiary/aromatic N) is 6. The quantitative estimate of drug-likeness (QED) is 0.115. The number of piperazine rings is 1. The molecule has 0 radical (unpaired) electrons. The van der Waals surface area contributed by atoms with Crippen molar-refractivity contribution in [1.82, 2.24) is 24.3 Å². The number of aryl methyl sites for hydroxylation is 1. The normalized spacial score (nSPS) is 32.8. The Morgan fingerprint density at radius 1 is 0.716 bits per heavy atom. The van der Waals surface area contributed by atoms with Gasteiger partial charge in [-0.05, 0) is 184 Å². The lowest BCUT2D eigenvalue weighted by Gasteiger charge is -2.66. The van der Waals surface area contributed by atoms with Gasteiger partial charge in [-0.2, -0.15) is 0 Å². The Labute approximate surface area is 526 Å². The monoisotopic (exact) mass is 1210 g/mol. The second-order valence-electron chi connectivity index (χ2n) is 30.8. The Kier molecular flexibility index (Phi) is 17.9. The molecule has 88 heavy (non-hydrogen) atoms. The highest BCUT2D eigenvalue weighted by Crippen LogP contribution is 2.66. The summed E-state index contributed by atoms with van der Waals surface area (Å²) < 4.78 is 35.4. The summed E-state index contributed by atoms with van der Waals surface area (Å²) in [5.41, 5.74) is 9.16. The highest BCUT2D eigenvalue weighted by molar-refractivity contribution is 5.87. The first kappa shape index (κ1) is 64.7. The van der Waals surface area contributed by atoms with Crippen LogP contribution in [-0.2, 0) is 60.6 Å². The van der Waals surface area contributed by atoms with E-state index in [9.17, 15) is 19.1 Å². The Morgan fingerprint density at radius 3 is 1.93 bits per heavy atom. The van der Waals surface area contributed by atoms with Gasteiger partial charge in [0.25, 0.3) is 0 Å². The van der Waals surface area contributed by atoms with E-state index < -0.39 is 12.0 Å². The number of methoxy groups -OCH3 is 2. The van der Waals surface area contributed by atoms with Crippen LogP contribution in [0.5, 0.6) is 0 Å². The number of nitrogens with one attached hydrogen (secondary N) is 1. The van der Waals surface area contributed by atoms with E-state index in [0.29, 0.717) is 18.5 Å². The number of esters is 2. The van der Waals surface area contributed by atoms with Crippen LogP contribution in [0, 0.1) is 39.3 Å². The predicted octanol–water partition coefficient (Wildman–Crippen LogP) is 13.6. The molecule has 5 aliphatic heterocycles. The van der Waals surface area contributed by atoms with Crippen LogP contribution >= 0.6 is 0 Å². The minimum Gasteiger partial charge on any atom is -0.469 e. The minimum absolute atomic E-state index is 0.0254. The molecule has 10 atom stereocenters. The fraction of sp³-hybridized carbons (Fsp3) is 0.689. The highest BCUT2D eigenvalue weighted by atomic mass is 19.1. The van der Waals surface area contributed by atoms with E-state index in [0.717, 1.165) is 140 Å². The number of aromatic amines is 1. The zero-order valence-corrected chi connectivity index (χ0v) is 56.6. The van der Waals surface area contributed by atoms with E-state index in [1.165, 1.54) is 82.4 Å². The van der Waals surface area contributed by atoms with Crippen molar-refractivity contribution in [3.8, 4) is 0 Å². The lowest BCUT2D eigenvalue weighted by molar-refractivity contribution is -0.946. The summed E-state index contributed by atoms with van der Waals surface area (Å²) in [6.45, 7) is 39.1. The number of quaternary nitrogens is 1. The molecule has 8 heterocycles. The van der Waals surface area contributed by atoms with Gasteiger partial charge in [-0.25, -0.2) is 9.37 Å². The van der Waals surface area contributed by atoms with Gasteiger partial charge in [0.1, 0.15) is 11.6 Å². The summed E-state index contributed by atoms with van der Waals surface area (Å²) in [6, 6.07) is 20.1.